The maximum atomic E-state index is 11.8. The Hall–Kier alpha value is -2.08. The van der Waals surface area contributed by atoms with Gasteiger partial charge in [0.25, 0.3) is 0 Å². The summed E-state index contributed by atoms with van der Waals surface area (Å²) in [5, 5.41) is 12.2. The summed E-state index contributed by atoms with van der Waals surface area (Å²) in [5.41, 5.74) is 1.13. The van der Waals surface area contributed by atoms with Gasteiger partial charge in [0.2, 0.25) is 11.8 Å². The summed E-state index contributed by atoms with van der Waals surface area (Å²) in [7, 11) is 1.51. The largest absolute Gasteiger partial charge is 0.495 e. The van der Waals surface area contributed by atoms with Crippen molar-refractivity contribution >= 4 is 23.2 Å². The molecule has 19 heavy (non-hydrogen) atoms. The van der Waals surface area contributed by atoms with E-state index in [2.05, 4.69) is 5.32 Å². The molecule has 1 fully saturated rings. The van der Waals surface area contributed by atoms with E-state index in [0.29, 0.717) is 17.1 Å². The molecular formula is C13H16N2O4. The first-order valence-electron chi connectivity index (χ1n) is 5.95. The third-order valence-electron chi connectivity index (χ3n) is 2.89. The number of ether oxygens (including phenoxy) is 1. The number of carbonyl (C=O) groups excluding carboxylic acids is 2. The topological polar surface area (TPSA) is 78.9 Å². The van der Waals surface area contributed by atoms with Crippen LogP contribution in [0.15, 0.2) is 18.2 Å². The molecule has 0 spiro atoms. The molecule has 0 bridgehead atoms. The first kappa shape index (κ1) is 13.4. The molecule has 1 saturated heterocycles. The minimum absolute atomic E-state index is 0.105. The molecule has 1 unspecified atom stereocenters. The second-order valence-corrected chi connectivity index (χ2v) is 4.43. The molecule has 6 nitrogen and oxygen atoms in total. The lowest BCUT2D eigenvalue weighted by Crippen LogP contribution is -2.26. The maximum Gasteiger partial charge on any atom is 0.229 e. The smallest absolute Gasteiger partial charge is 0.229 e. The van der Waals surface area contributed by atoms with Gasteiger partial charge in [0, 0.05) is 12.6 Å². The average molecular weight is 264 g/mol. The molecule has 0 aliphatic carbocycles. The number of hydrogen-bond acceptors (Lipinski definition) is 4. The number of rotatable bonds is 3. The third-order valence-corrected chi connectivity index (χ3v) is 2.89. The molecule has 1 aliphatic heterocycles. The first-order valence-corrected chi connectivity index (χ1v) is 5.95. The van der Waals surface area contributed by atoms with Crippen LogP contribution < -0.4 is 15.0 Å². The van der Waals surface area contributed by atoms with Gasteiger partial charge in [-0.1, -0.05) is 0 Å². The van der Waals surface area contributed by atoms with Crippen molar-refractivity contribution in [1.29, 1.82) is 0 Å². The Bertz CT molecular complexity index is 515. The molecule has 1 aromatic carbocycles. The molecule has 1 aromatic rings. The van der Waals surface area contributed by atoms with Gasteiger partial charge in [0.05, 0.1) is 31.9 Å². The van der Waals surface area contributed by atoms with Crippen LogP contribution in [-0.2, 0) is 9.59 Å². The van der Waals surface area contributed by atoms with Crippen LogP contribution >= 0.6 is 0 Å². The van der Waals surface area contributed by atoms with Crippen molar-refractivity contribution in [3.63, 3.8) is 0 Å². The average Bonchev–Trinajstić information content (AvgIpc) is 2.67. The zero-order chi connectivity index (χ0) is 14.0. The maximum absolute atomic E-state index is 11.8. The summed E-state index contributed by atoms with van der Waals surface area (Å²) in [6.07, 6.45) is -0.560. The van der Waals surface area contributed by atoms with E-state index >= 15 is 0 Å². The zero-order valence-corrected chi connectivity index (χ0v) is 10.8. The summed E-state index contributed by atoms with van der Waals surface area (Å²) >= 11 is 0. The molecule has 1 aliphatic rings. The molecule has 0 aromatic heterocycles. The van der Waals surface area contributed by atoms with E-state index < -0.39 is 6.10 Å². The van der Waals surface area contributed by atoms with E-state index in [1.165, 1.54) is 18.9 Å². The molecular weight excluding hydrogens is 248 g/mol. The molecule has 2 N–H and O–H groups in total. The lowest BCUT2D eigenvalue weighted by Gasteiger charge is -2.20. The van der Waals surface area contributed by atoms with Gasteiger partial charge < -0.3 is 20.1 Å². The van der Waals surface area contributed by atoms with Crippen LogP contribution in [0, 0.1) is 0 Å². The van der Waals surface area contributed by atoms with E-state index in [4.69, 9.17) is 4.74 Å². The summed E-state index contributed by atoms with van der Waals surface area (Å²) in [5.74, 6) is 0.172. The Morgan fingerprint density at radius 3 is 2.79 bits per heavy atom. The fourth-order valence-corrected chi connectivity index (χ4v) is 2.10. The quantitative estimate of drug-likeness (QED) is 0.844. The highest BCUT2D eigenvalue weighted by Gasteiger charge is 2.31. The van der Waals surface area contributed by atoms with E-state index in [9.17, 15) is 14.7 Å². The van der Waals surface area contributed by atoms with Crippen LogP contribution in [0.25, 0.3) is 0 Å². The van der Waals surface area contributed by atoms with Crippen LogP contribution in [0.4, 0.5) is 11.4 Å². The predicted molar refractivity (Wildman–Crippen MR) is 70.3 cm³/mol. The van der Waals surface area contributed by atoms with Gasteiger partial charge in [-0.2, -0.15) is 0 Å². The Kier molecular flexibility index (Phi) is 3.71. The van der Waals surface area contributed by atoms with Crippen molar-refractivity contribution in [2.45, 2.75) is 19.4 Å². The van der Waals surface area contributed by atoms with E-state index in [0.717, 1.165) is 0 Å². The Labute approximate surface area is 111 Å². The number of nitrogens with one attached hydrogen (secondary N) is 1. The SMILES string of the molecule is COc1ccc(NC(C)=O)cc1N1CC(O)CC1=O. The van der Waals surface area contributed by atoms with Gasteiger partial charge in [-0.15, -0.1) is 0 Å². The van der Waals surface area contributed by atoms with Gasteiger partial charge in [-0.25, -0.2) is 0 Å². The van der Waals surface area contributed by atoms with Crippen LogP contribution in [-0.4, -0.2) is 36.7 Å². The van der Waals surface area contributed by atoms with Crippen molar-refractivity contribution in [2.24, 2.45) is 0 Å². The van der Waals surface area contributed by atoms with Gasteiger partial charge in [-0.05, 0) is 18.2 Å². The summed E-state index contributed by atoms with van der Waals surface area (Å²) < 4.78 is 5.21. The number of benzene rings is 1. The summed E-state index contributed by atoms with van der Waals surface area (Å²) in [6, 6.07) is 5.04. The Morgan fingerprint density at radius 1 is 1.53 bits per heavy atom. The van der Waals surface area contributed by atoms with Crippen LogP contribution in [0.1, 0.15) is 13.3 Å². The van der Waals surface area contributed by atoms with Crippen molar-refractivity contribution < 1.29 is 19.4 Å². The van der Waals surface area contributed by atoms with Crippen LogP contribution in [0.5, 0.6) is 5.75 Å². The zero-order valence-electron chi connectivity index (χ0n) is 10.8. The molecule has 2 amide bonds. The molecule has 1 heterocycles. The second kappa shape index (κ2) is 5.27. The fourth-order valence-electron chi connectivity index (χ4n) is 2.10. The van der Waals surface area contributed by atoms with Crippen molar-refractivity contribution in [1.82, 2.24) is 0 Å². The predicted octanol–water partition coefficient (Wildman–Crippen LogP) is 0.751. The first-order chi connectivity index (χ1) is 9.01. The molecule has 6 heteroatoms. The van der Waals surface area contributed by atoms with Gasteiger partial charge in [-0.3, -0.25) is 9.59 Å². The lowest BCUT2D eigenvalue weighted by molar-refractivity contribution is -0.117. The lowest BCUT2D eigenvalue weighted by atomic mass is 10.2. The van der Waals surface area contributed by atoms with Crippen LogP contribution in [0.2, 0.25) is 0 Å². The van der Waals surface area contributed by atoms with E-state index in [-0.39, 0.29) is 24.8 Å². The standard InChI is InChI=1S/C13H16N2O4/c1-8(16)14-9-3-4-12(19-2)11(5-9)15-7-10(17)6-13(15)18/h3-5,10,17H,6-7H2,1-2H3,(H,14,16). The van der Waals surface area contributed by atoms with Gasteiger partial charge in [0.15, 0.2) is 0 Å². The van der Waals surface area contributed by atoms with Crippen molar-refractivity contribution in [2.75, 3.05) is 23.9 Å². The second-order valence-electron chi connectivity index (χ2n) is 4.43. The van der Waals surface area contributed by atoms with E-state index in [1.54, 1.807) is 18.2 Å². The minimum Gasteiger partial charge on any atom is -0.495 e. The number of anilines is 2. The highest BCUT2D eigenvalue weighted by atomic mass is 16.5. The highest BCUT2D eigenvalue weighted by molar-refractivity contribution is 5.98. The number of hydrogen-bond donors (Lipinski definition) is 2. The third kappa shape index (κ3) is 2.85. The summed E-state index contributed by atoms with van der Waals surface area (Å²) in [6.45, 7) is 1.65. The van der Waals surface area contributed by atoms with Gasteiger partial charge >= 0.3 is 0 Å². The molecule has 1 atom stereocenters. The number of β-amino-alcohol motifs (C(OH)–C–C–N with tert-alkyl or cyclic N) is 1. The highest BCUT2D eigenvalue weighted by Crippen LogP contribution is 2.34. The van der Waals surface area contributed by atoms with Gasteiger partial charge in [0.1, 0.15) is 5.75 Å². The van der Waals surface area contributed by atoms with Crippen molar-refractivity contribution in [3.8, 4) is 5.75 Å². The minimum atomic E-state index is -0.665. The fraction of sp³-hybridized carbons (Fsp3) is 0.385. The van der Waals surface area contributed by atoms with Crippen molar-refractivity contribution in [3.05, 3.63) is 18.2 Å². The molecule has 2 rings (SSSR count). The number of amides is 2. The van der Waals surface area contributed by atoms with Crippen LogP contribution in [0.3, 0.4) is 0 Å². The number of aliphatic hydroxyl groups is 1. The monoisotopic (exact) mass is 264 g/mol. The Balaban J connectivity index is 2.36. The Morgan fingerprint density at radius 2 is 2.26 bits per heavy atom. The number of carbonyl (C=O) groups is 2. The normalized spacial score (nSPS) is 18.6. The summed E-state index contributed by atoms with van der Waals surface area (Å²) in [4.78, 5) is 24.3. The number of methoxy groups -OCH3 is 1. The number of nitrogens with zero attached hydrogens (tertiary/aromatic N) is 1. The molecule has 0 saturated carbocycles. The molecule has 0 radical (unpaired) electrons. The van der Waals surface area contributed by atoms with E-state index in [1.807, 2.05) is 0 Å². The molecule has 102 valence electrons. The number of aliphatic hydroxyl groups excluding tert-OH is 1.